The van der Waals surface area contributed by atoms with Crippen molar-refractivity contribution in [1.29, 1.82) is 0 Å². The van der Waals surface area contributed by atoms with Gasteiger partial charge in [-0.2, -0.15) is 4.31 Å². The molecule has 0 atom stereocenters. The van der Waals surface area contributed by atoms with Crippen molar-refractivity contribution in [3.8, 4) is 5.75 Å². The molecule has 0 spiro atoms. The Morgan fingerprint density at radius 1 is 1.33 bits per heavy atom. The summed E-state index contributed by atoms with van der Waals surface area (Å²) >= 11 is 0. The fourth-order valence-electron chi connectivity index (χ4n) is 2.16. The van der Waals surface area contributed by atoms with Crippen LogP contribution in [0.15, 0.2) is 23.1 Å². The van der Waals surface area contributed by atoms with Gasteiger partial charge in [-0.1, -0.05) is 6.92 Å². The monoisotopic (exact) mass is 314 g/mol. The summed E-state index contributed by atoms with van der Waals surface area (Å²) in [5.74, 6) is 0.653. The highest BCUT2D eigenvalue weighted by Crippen LogP contribution is 2.25. The van der Waals surface area contributed by atoms with Crippen LogP contribution in [0.1, 0.15) is 18.9 Å². The Bertz CT molecular complexity index is 568. The van der Waals surface area contributed by atoms with Crippen LogP contribution in [-0.4, -0.2) is 45.6 Å². The van der Waals surface area contributed by atoms with Gasteiger partial charge in [-0.05, 0) is 24.6 Å². The van der Waals surface area contributed by atoms with E-state index in [0.717, 1.165) is 6.42 Å². The van der Waals surface area contributed by atoms with Gasteiger partial charge in [0, 0.05) is 25.2 Å². The molecule has 1 aliphatic heterocycles. The number of sulfonamides is 1. The van der Waals surface area contributed by atoms with Crippen molar-refractivity contribution in [3.63, 3.8) is 0 Å². The van der Waals surface area contributed by atoms with E-state index in [4.69, 9.17) is 15.2 Å². The Morgan fingerprint density at radius 2 is 2.05 bits per heavy atom. The van der Waals surface area contributed by atoms with Crippen molar-refractivity contribution < 1.29 is 17.9 Å². The van der Waals surface area contributed by atoms with Crippen LogP contribution in [0.25, 0.3) is 0 Å². The van der Waals surface area contributed by atoms with Crippen molar-refractivity contribution in [2.45, 2.75) is 24.8 Å². The minimum atomic E-state index is -3.49. The molecule has 7 heteroatoms. The molecule has 1 saturated heterocycles. The first-order chi connectivity index (χ1) is 10.1. The lowest BCUT2D eigenvalue weighted by Gasteiger charge is -2.26. The number of nitrogens with zero attached hydrogens (tertiary/aromatic N) is 1. The fourth-order valence-corrected chi connectivity index (χ4v) is 3.62. The third-order valence-electron chi connectivity index (χ3n) is 3.32. The van der Waals surface area contributed by atoms with Crippen LogP contribution in [0.3, 0.4) is 0 Å². The molecule has 0 amide bonds. The molecule has 0 radical (unpaired) electrons. The van der Waals surface area contributed by atoms with E-state index in [9.17, 15) is 8.42 Å². The normalized spacial score (nSPS) is 16.9. The van der Waals surface area contributed by atoms with Crippen molar-refractivity contribution in [1.82, 2.24) is 4.31 Å². The Balaban J connectivity index is 2.26. The van der Waals surface area contributed by atoms with Gasteiger partial charge >= 0.3 is 0 Å². The minimum absolute atomic E-state index is 0.242. The van der Waals surface area contributed by atoms with Crippen LogP contribution in [0.4, 0.5) is 0 Å². The highest BCUT2D eigenvalue weighted by Gasteiger charge is 2.26. The molecule has 21 heavy (non-hydrogen) atoms. The SMILES string of the molecule is CCCOc1ccc(S(=O)(=O)N2CCOCC2)cc1CN. The molecule has 2 rings (SSSR count). The van der Waals surface area contributed by atoms with Gasteiger partial charge in [0.1, 0.15) is 5.75 Å². The van der Waals surface area contributed by atoms with E-state index in [2.05, 4.69) is 0 Å². The predicted molar refractivity (Wildman–Crippen MR) is 79.7 cm³/mol. The Morgan fingerprint density at radius 3 is 2.67 bits per heavy atom. The maximum absolute atomic E-state index is 12.6. The number of hydrogen-bond acceptors (Lipinski definition) is 5. The van der Waals surface area contributed by atoms with Gasteiger partial charge in [0.05, 0.1) is 24.7 Å². The van der Waals surface area contributed by atoms with E-state index in [1.54, 1.807) is 18.2 Å². The van der Waals surface area contributed by atoms with Crippen LogP contribution in [0.2, 0.25) is 0 Å². The van der Waals surface area contributed by atoms with Crippen molar-refractivity contribution in [2.75, 3.05) is 32.9 Å². The average molecular weight is 314 g/mol. The molecule has 118 valence electrons. The molecule has 0 aliphatic carbocycles. The maximum Gasteiger partial charge on any atom is 0.243 e. The van der Waals surface area contributed by atoms with Gasteiger partial charge < -0.3 is 15.2 Å². The topological polar surface area (TPSA) is 81.9 Å². The van der Waals surface area contributed by atoms with Crippen LogP contribution in [0.5, 0.6) is 5.75 Å². The van der Waals surface area contributed by atoms with Crippen molar-refractivity contribution in [3.05, 3.63) is 23.8 Å². The Labute approximate surface area is 125 Å². The predicted octanol–water partition coefficient (Wildman–Crippen LogP) is 0.955. The number of hydrogen-bond donors (Lipinski definition) is 1. The second-order valence-corrected chi connectivity index (χ2v) is 6.78. The van der Waals surface area contributed by atoms with E-state index >= 15 is 0 Å². The van der Waals surface area contributed by atoms with Crippen LogP contribution >= 0.6 is 0 Å². The van der Waals surface area contributed by atoms with Crippen LogP contribution in [0, 0.1) is 0 Å². The highest BCUT2D eigenvalue weighted by molar-refractivity contribution is 7.89. The number of ether oxygens (including phenoxy) is 2. The lowest BCUT2D eigenvalue weighted by molar-refractivity contribution is 0.0730. The van der Waals surface area contributed by atoms with Gasteiger partial charge in [-0.3, -0.25) is 0 Å². The van der Waals surface area contributed by atoms with Gasteiger partial charge in [0.2, 0.25) is 10.0 Å². The second kappa shape index (κ2) is 7.22. The third kappa shape index (κ3) is 3.74. The standard InChI is InChI=1S/C14H22N2O4S/c1-2-7-20-14-4-3-13(10-12(14)11-15)21(17,18)16-5-8-19-9-6-16/h3-4,10H,2,5-9,11,15H2,1H3. The number of nitrogens with two attached hydrogens (primary N) is 1. The van der Waals surface area contributed by atoms with Gasteiger partial charge in [-0.25, -0.2) is 8.42 Å². The summed E-state index contributed by atoms with van der Waals surface area (Å²) in [6.07, 6.45) is 0.887. The quantitative estimate of drug-likeness (QED) is 0.845. The summed E-state index contributed by atoms with van der Waals surface area (Å²) in [7, 11) is -3.49. The lowest BCUT2D eigenvalue weighted by atomic mass is 10.2. The third-order valence-corrected chi connectivity index (χ3v) is 5.22. The number of morpholine rings is 1. The molecule has 2 N–H and O–H groups in total. The zero-order valence-corrected chi connectivity index (χ0v) is 13.1. The Hall–Kier alpha value is -1.15. The van der Waals surface area contributed by atoms with Crippen molar-refractivity contribution in [2.24, 2.45) is 5.73 Å². The molecular weight excluding hydrogens is 292 g/mol. The summed E-state index contributed by atoms with van der Waals surface area (Å²) in [4.78, 5) is 0.258. The van der Waals surface area contributed by atoms with Gasteiger partial charge in [-0.15, -0.1) is 0 Å². The molecule has 0 saturated carbocycles. The van der Waals surface area contributed by atoms with E-state index in [1.807, 2.05) is 6.92 Å². The highest BCUT2D eigenvalue weighted by atomic mass is 32.2. The Kier molecular flexibility index (Phi) is 5.58. The molecule has 1 heterocycles. The zero-order valence-electron chi connectivity index (χ0n) is 12.2. The smallest absolute Gasteiger partial charge is 0.243 e. The summed E-state index contributed by atoms with van der Waals surface area (Å²) in [6, 6.07) is 4.87. The average Bonchev–Trinajstić information content (AvgIpc) is 2.53. The fraction of sp³-hybridized carbons (Fsp3) is 0.571. The molecule has 1 fully saturated rings. The zero-order chi connectivity index (χ0) is 15.3. The maximum atomic E-state index is 12.6. The van der Waals surface area contributed by atoms with E-state index in [-0.39, 0.29) is 11.4 Å². The molecule has 0 unspecified atom stereocenters. The van der Waals surface area contributed by atoms with Crippen LogP contribution in [-0.2, 0) is 21.3 Å². The number of benzene rings is 1. The van der Waals surface area contributed by atoms with Gasteiger partial charge in [0.15, 0.2) is 0 Å². The van der Waals surface area contributed by atoms with Gasteiger partial charge in [0.25, 0.3) is 0 Å². The molecule has 1 aromatic rings. The first-order valence-corrected chi connectivity index (χ1v) is 8.57. The second-order valence-electron chi connectivity index (χ2n) is 4.84. The summed E-state index contributed by atoms with van der Waals surface area (Å²) in [6.45, 7) is 4.47. The van der Waals surface area contributed by atoms with E-state index in [1.165, 1.54) is 4.31 Å². The summed E-state index contributed by atoms with van der Waals surface area (Å²) in [5, 5.41) is 0. The van der Waals surface area contributed by atoms with E-state index < -0.39 is 10.0 Å². The van der Waals surface area contributed by atoms with Crippen LogP contribution < -0.4 is 10.5 Å². The summed E-state index contributed by atoms with van der Waals surface area (Å²) < 4.78 is 37.4. The first-order valence-electron chi connectivity index (χ1n) is 7.13. The molecule has 1 aromatic carbocycles. The summed E-state index contributed by atoms with van der Waals surface area (Å²) in [5.41, 5.74) is 6.41. The minimum Gasteiger partial charge on any atom is -0.493 e. The molecule has 0 aromatic heterocycles. The van der Waals surface area contributed by atoms with Crippen molar-refractivity contribution >= 4 is 10.0 Å². The molecule has 1 aliphatic rings. The number of rotatable bonds is 6. The molecular formula is C14H22N2O4S. The van der Waals surface area contributed by atoms with E-state index in [0.29, 0.717) is 44.2 Å². The molecule has 6 nitrogen and oxygen atoms in total. The largest absolute Gasteiger partial charge is 0.493 e. The lowest BCUT2D eigenvalue weighted by Crippen LogP contribution is -2.40. The first kappa shape index (κ1) is 16.2. The molecule has 0 bridgehead atoms.